The topological polar surface area (TPSA) is 45.8 Å². The third-order valence-electron chi connectivity index (χ3n) is 1.68. The van der Waals surface area contributed by atoms with Crippen LogP contribution in [0.4, 0.5) is 4.39 Å². The average Bonchev–Trinajstić information content (AvgIpc) is 2.07. The van der Waals surface area contributed by atoms with Crippen LogP contribution >= 0.6 is 11.6 Å². The van der Waals surface area contributed by atoms with E-state index in [1.807, 2.05) is 0 Å². The smallest absolute Gasteiger partial charge is 0.208 e. The van der Waals surface area contributed by atoms with Crippen molar-refractivity contribution in [3.05, 3.63) is 39.4 Å². The fourth-order valence-electron chi connectivity index (χ4n) is 1.11. The molecule has 1 N–H and O–H groups in total. The molecule has 0 unspecified atom stereocenters. The molecule has 0 atom stereocenters. The van der Waals surface area contributed by atoms with Gasteiger partial charge in [-0.25, -0.2) is 4.39 Å². The van der Waals surface area contributed by atoms with E-state index in [-0.39, 0.29) is 21.4 Å². The van der Waals surface area contributed by atoms with Gasteiger partial charge in [-0.15, -0.1) is 0 Å². The first-order valence-electron chi connectivity index (χ1n) is 3.51. The Bertz CT molecular complexity index is 523. The number of aromatic amines is 1. The van der Waals surface area contributed by atoms with E-state index in [1.54, 1.807) is 0 Å². The largest absolute Gasteiger partial charge is 0.287 e. The van der Waals surface area contributed by atoms with Crippen molar-refractivity contribution in [1.29, 1.82) is 0 Å². The first-order chi connectivity index (χ1) is 6.18. The lowest BCUT2D eigenvalue weighted by molar-refractivity contribution is 0.635. The molecule has 1 heterocycles. The van der Waals surface area contributed by atoms with Crippen molar-refractivity contribution in [2.45, 2.75) is 0 Å². The Morgan fingerprint density at radius 2 is 2.23 bits per heavy atom. The highest BCUT2D eigenvalue weighted by atomic mass is 35.5. The van der Waals surface area contributed by atoms with Crippen molar-refractivity contribution in [3.8, 4) is 0 Å². The van der Waals surface area contributed by atoms with E-state index in [9.17, 15) is 9.18 Å². The number of fused-ring (bicyclic) bond motifs is 1. The Labute approximate surface area is 77.2 Å². The van der Waals surface area contributed by atoms with E-state index >= 15 is 0 Å². The zero-order chi connectivity index (χ0) is 9.42. The van der Waals surface area contributed by atoms with Gasteiger partial charge in [-0.1, -0.05) is 11.6 Å². The summed E-state index contributed by atoms with van der Waals surface area (Å²) in [6.07, 6.45) is 1.08. The van der Waals surface area contributed by atoms with E-state index < -0.39 is 5.82 Å². The first kappa shape index (κ1) is 8.19. The molecule has 2 aromatic rings. The normalized spacial score (nSPS) is 10.6. The van der Waals surface area contributed by atoms with Crippen LogP contribution in [0.25, 0.3) is 10.9 Å². The van der Waals surface area contributed by atoms with Gasteiger partial charge in [-0.2, -0.15) is 5.10 Å². The second kappa shape index (κ2) is 2.81. The lowest BCUT2D eigenvalue weighted by Crippen LogP contribution is -2.04. The Hall–Kier alpha value is -1.42. The molecule has 0 saturated heterocycles. The molecule has 13 heavy (non-hydrogen) atoms. The SMILES string of the molecule is O=c1cn[nH]c2c(F)cc(Cl)cc12. The molecule has 0 fully saturated rings. The van der Waals surface area contributed by atoms with Crippen LogP contribution in [-0.2, 0) is 0 Å². The maximum absolute atomic E-state index is 13.1. The van der Waals surface area contributed by atoms with Gasteiger partial charge in [0.25, 0.3) is 0 Å². The minimum absolute atomic E-state index is 0.0805. The highest BCUT2D eigenvalue weighted by molar-refractivity contribution is 6.31. The third-order valence-corrected chi connectivity index (χ3v) is 1.90. The molecule has 0 bridgehead atoms. The van der Waals surface area contributed by atoms with Crippen molar-refractivity contribution in [2.24, 2.45) is 0 Å². The molecule has 0 aliphatic carbocycles. The molecular weight excluding hydrogens is 195 g/mol. The number of aromatic nitrogens is 2. The second-order valence-corrected chi connectivity index (χ2v) is 2.98. The zero-order valence-corrected chi connectivity index (χ0v) is 7.10. The standard InChI is InChI=1S/C8H4ClFN2O/c9-4-1-5-7(13)3-11-12-8(5)6(10)2-4/h1-3H,(H,12,13). The summed E-state index contributed by atoms with van der Waals surface area (Å²) < 4.78 is 13.1. The highest BCUT2D eigenvalue weighted by Crippen LogP contribution is 2.17. The second-order valence-electron chi connectivity index (χ2n) is 2.54. The predicted molar refractivity (Wildman–Crippen MR) is 47.3 cm³/mol. The van der Waals surface area contributed by atoms with Crippen LogP contribution in [0, 0.1) is 5.82 Å². The molecule has 0 aliphatic heterocycles. The van der Waals surface area contributed by atoms with Crippen molar-refractivity contribution >= 4 is 22.5 Å². The lowest BCUT2D eigenvalue weighted by Gasteiger charge is -1.97. The number of nitrogens with one attached hydrogen (secondary N) is 1. The molecule has 0 aliphatic rings. The van der Waals surface area contributed by atoms with Crippen LogP contribution in [-0.4, -0.2) is 10.2 Å². The molecule has 5 heteroatoms. The van der Waals surface area contributed by atoms with Crippen molar-refractivity contribution < 1.29 is 4.39 Å². The lowest BCUT2D eigenvalue weighted by atomic mass is 10.2. The van der Waals surface area contributed by atoms with Crippen LogP contribution < -0.4 is 5.43 Å². The number of nitrogens with zero attached hydrogens (tertiary/aromatic N) is 1. The van der Waals surface area contributed by atoms with E-state index in [4.69, 9.17) is 11.6 Å². The Morgan fingerprint density at radius 3 is 3.00 bits per heavy atom. The molecule has 1 aromatic carbocycles. The number of hydrogen-bond acceptors (Lipinski definition) is 2. The van der Waals surface area contributed by atoms with Crippen molar-refractivity contribution in [1.82, 2.24) is 10.2 Å². The number of H-pyrrole nitrogens is 1. The van der Waals surface area contributed by atoms with Crippen LogP contribution in [0.3, 0.4) is 0 Å². The van der Waals surface area contributed by atoms with Crippen LogP contribution in [0.15, 0.2) is 23.1 Å². The quantitative estimate of drug-likeness (QED) is 0.701. The fraction of sp³-hybridized carbons (Fsp3) is 0. The molecule has 3 nitrogen and oxygen atoms in total. The van der Waals surface area contributed by atoms with Gasteiger partial charge in [0, 0.05) is 5.02 Å². The maximum Gasteiger partial charge on any atom is 0.208 e. The van der Waals surface area contributed by atoms with Crippen molar-refractivity contribution in [2.75, 3.05) is 0 Å². The molecular formula is C8H4ClFN2O. The molecule has 0 amide bonds. The van der Waals surface area contributed by atoms with Crippen LogP contribution in [0.1, 0.15) is 0 Å². The minimum atomic E-state index is -0.576. The number of hydrogen-bond donors (Lipinski definition) is 1. The maximum atomic E-state index is 13.1. The summed E-state index contributed by atoms with van der Waals surface area (Å²) in [6.45, 7) is 0. The Morgan fingerprint density at radius 1 is 1.46 bits per heavy atom. The highest BCUT2D eigenvalue weighted by Gasteiger charge is 2.05. The third kappa shape index (κ3) is 1.29. The van der Waals surface area contributed by atoms with Crippen molar-refractivity contribution in [3.63, 3.8) is 0 Å². The molecule has 66 valence electrons. The van der Waals surface area contributed by atoms with Gasteiger partial charge in [-0.05, 0) is 12.1 Å². The summed E-state index contributed by atoms with van der Waals surface area (Å²) in [5.74, 6) is -0.576. The van der Waals surface area contributed by atoms with E-state index in [0.717, 1.165) is 12.3 Å². The van der Waals surface area contributed by atoms with Crippen LogP contribution in [0.5, 0.6) is 0 Å². The molecule has 0 radical (unpaired) electrons. The fourth-order valence-corrected chi connectivity index (χ4v) is 1.31. The molecule has 2 rings (SSSR count). The number of rotatable bonds is 0. The van der Waals surface area contributed by atoms with Gasteiger partial charge < -0.3 is 0 Å². The first-order valence-corrected chi connectivity index (χ1v) is 3.89. The Balaban J connectivity index is 3.03. The van der Waals surface area contributed by atoms with E-state index in [2.05, 4.69) is 10.2 Å². The summed E-state index contributed by atoms with van der Waals surface area (Å²) in [5.41, 5.74) is -0.271. The molecule has 0 saturated carbocycles. The minimum Gasteiger partial charge on any atom is -0.287 e. The van der Waals surface area contributed by atoms with Gasteiger partial charge >= 0.3 is 0 Å². The summed E-state index contributed by atoms with van der Waals surface area (Å²) >= 11 is 5.58. The summed E-state index contributed by atoms with van der Waals surface area (Å²) in [5, 5.41) is 6.29. The molecule has 1 aromatic heterocycles. The van der Waals surface area contributed by atoms with E-state index in [1.165, 1.54) is 6.07 Å². The van der Waals surface area contributed by atoms with Gasteiger partial charge in [-0.3, -0.25) is 9.89 Å². The van der Waals surface area contributed by atoms with Gasteiger partial charge in [0.05, 0.1) is 11.6 Å². The van der Waals surface area contributed by atoms with Crippen LogP contribution in [0.2, 0.25) is 5.02 Å². The summed E-state index contributed by atoms with van der Waals surface area (Å²) in [6, 6.07) is 2.53. The monoisotopic (exact) mass is 198 g/mol. The van der Waals surface area contributed by atoms with E-state index in [0.29, 0.717) is 0 Å². The van der Waals surface area contributed by atoms with Gasteiger partial charge in [0.2, 0.25) is 5.43 Å². The Kier molecular flexibility index (Phi) is 1.77. The van der Waals surface area contributed by atoms with Gasteiger partial charge in [0.15, 0.2) is 0 Å². The predicted octanol–water partition coefficient (Wildman–Crippen LogP) is 1.72. The number of halogens is 2. The number of benzene rings is 1. The van der Waals surface area contributed by atoms with Gasteiger partial charge in [0.1, 0.15) is 11.3 Å². The summed E-state index contributed by atoms with van der Waals surface area (Å²) in [7, 11) is 0. The molecule has 0 spiro atoms. The average molecular weight is 199 g/mol. The zero-order valence-electron chi connectivity index (χ0n) is 6.34. The summed E-state index contributed by atoms with van der Waals surface area (Å²) in [4.78, 5) is 11.2.